The molecule has 4 aromatic rings. The summed E-state index contributed by atoms with van der Waals surface area (Å²) < 4.78 is 6.81. The van der Waals surface area contributed by atoms with Gasteiger partial charge >= 0.3 is 0 Å². The number of ether oxygens (including phenoxy) is 1. The average molecular weight is 546 g/mol. The van der Waals surface area contributed by atoms with Gasteiger partial charge in [0.05, 0.1) is 5.02 Å². The molecule has 11 heteroatoms. The molecule has 4 rings (SSSR count). The van der Waals surface area contributed by atoms with E-state index in [9.17, 15) is 0 Å². The molecule has 0 unspecified atom stereocenters. The summed E-state index contributed by atoms with van der Waals surface area (Å²) in [6.07, 6.45) is 0.510. The summed E-state index contributed by atoms with van der Waals surface area (Å²) in [7, 11) is 0. The van der Waals surface area contributed by atoms with Crippen molar-refractivity contribution in [2.45, 2.75) is 13.0 Å². The molecule has 2 heterocycles. The highest BCUT2D eigenvalue weighted by Gasteiger charge is 2.12. The van der Waals surface area contributed by atoms with Crippen molar-refractivity contribution in [1.29, 1.82) is 0 Å². The molecule has 0 bridgehead atoms. The number of nitrogens with zero attached hydrogens (tertiary/aromatic N) is 3. The lowest BCUT2D eigenvalue weighted by molar-refractivity contribution is 0.301. The number of aromatic nitrogens is 4. The molecule has 0 saturated carbocycles. The topological polar surface area (TPSA) is 75.7 Å². The molecule has 2 aromatic carbocycles. The zero-order valence-electron chi connectivity index (χ0n) is 15.1. The number of halogens is 4. The van der Waals surface area contributed by atoms with Crippen LogP contribution in [0.4, 0.5) is 10.8 Å². The van der Waals surface area contributed by atoms with Crippen LogP contribution in [0, 0.1) is 0 Å². The van der Waals surface area contributed by atoms with Crippen LogP contribution in [0.1, 0.15) is 16.4 Å². The first-order valence-electron chi connectivity index (χ1n) is 8.63. The maximum absolute atomic E-state index is 6.12. The molecule has 2 N–H and O–H groups in total. The van der Waals surface area contributed by atoms with Crippen molar-refractivity contribution in [3.8, 4) is 5.75 Å². The van der Waals surface area contributed by atoms with E-state index >= 15 is 0 Å². The molecule has 0 radical (unpaired) electrons. The van der Waals surface area contributed by atoms with Gasteiger partial charge in [0.15, 0.2) is 10.2 Å². The Hall–Kier alpha value is -1.84. The van der Waals surface area contributed by atoms with Crippen molar-refractivity contribution >= 4 is 72.9 Å². The maximum atomic E-state index is 6.12. The standard InChI is InChI=1S/C19H13BrCl3N5OS/c20-12-6-5-11(8-13(12)21)24-19-28-27-16(30-19)9-29-14-4-2-1-3-10(14)7-15-25-17(22)18(23)26-15/h1-6,8H,7,9H2,(H,24,28)(H,25,26). The number of anilines is 2. The highest BCUT2D eigenvalue weighted by molar-refractivity contribution is 9.10. The van der Waals surface area contributed by atoms with E-state index in [2.05, 4.69) is 41.4 Å². The van der Waals surface area contributed by atoms with Crippen LogP contribution in [0.5, 0.6) is 5.75 Å². The lowest BCUT2D eigenvalue weighted by atomic mass is 10.1. The number of imidazole rings is 1. The van der Waals surface area contributed by atoms with Crippen LogP contribution < -0.4 is 10.1 Å². The summed E-state index contributed by atoms with van der Waals surface area (Å²) in [6.45, 7) is 0.289. The normalized spacial score (nSPS) is 10.9. The minimum atomic E-state index is 0.256. The fourth-order valence-corrected chi connectivity index (χ4v) is 4.03. The summed E-state index contributed by atoms with van der Waals surface area (Å²) in [5.41, 5.74) is 1.78. The first-order chi connectivity index (χ1) is 14.5. The van der Waals surface area contributed by atoms with Crippen molar-refractivity contribution in [2.24, 2.45) is 0 Å². The van der Waals surface area contributed by atoms with Gasteiger partial charge in [-0.15, -0.1) is 10.2 Å². The van der Waals surface area contributed by atoms with E-state index in [4.69, 9.17) is 39.5 Å². The zero-order valence-corrected chi connectivity index (χ0v) is 19.8. The van der Waals surface area contributed by atoms with E-state index in [0.29, 0.717) is 27.6 Å². The Morgan fingerprint density at radius 1 is 1.10 bits per heavy atom. The van der Waals surface area contributed by atoms with Crippen LogP contribution in [0.25, 0.3) is 0 Å². The number of rotatable bonds is 7. The molecular formula is C19H13BrCl3N5OS. The average Bonchev–Trinajstić information content (AvgIpc) is 3.30. The Balaban J connectivity index is 1.41. The van der Waals surface area contributed by atoms with Crippen LogP contribution in [-0.4, -0.2) is 20.2 Å². The number of H-pyrrole nitrogens is 1. The molecule has 0 saturated heterocycles. The van der Waals surface area contributed by atoms with Gasteiger partial charge in [0, 0.05) is 22.1 Å². The van der Waals surface area contributed by atoms with E-state index in [-0.39, 0.29) is 11.8 Å². The van der Waals surface area contributed by atoms with E-state index in [1.807, 2.05) is 42.5 Å². The van der Waals surface area contributed by atoms with Gasteiger partial charge < -0.3 is 15.0 Å². The summed E-state index contributed by atoms with van der Waals surface area (Å²) in [6, 6.07) is 13.3. The number of nitrogens with one attached hydrogen (secondary N) is 2. The van der Waals surface area contributed by atoms with Gasteiger partial charge in [-0.3, -0.25) is 0 Å². The van der Waals surface area contributed by atoms with Gasteiger partial charge in [-0.25, -0.2) is 4.98 Å². The van der Waals surface area contributed by atoms with Crippen LogP contribution in [0.3, 0.4) is 0 Å². The number of para-hydroxylation sites is 1. The lowest BCUT2D eigenvalue weighted by Gasteiger charge is -2.09. The molecule has 30 heavy (non-hydrogen) atoms. The molecule has 0 aliphatic heterocycles. The van der Waals surface area contributed by atoms with Crippen molar-refractivity contribution in [3.05, 3.63) is 78.7 Å². The van der Waals surface area contributed by atoms with Crippen LogP contribution in [0.2, 0.25) is 15.3 Å². The smallest absolute Gasteiger partial charge is 0.210 e. The van der Waals surface area contributed by atoms with Gasteiger partial charge in [0.25, 0.3) is 0 Å². The Morgan fingerprint density at radius 2 is 1.93 bits per heavy atom. The van der Waals surface area contributed by atoms with Crippen LogP contribution in [-0.2, 0) is 13.0 Å². The largest absolute Gasteiger partial charge is 0.486 e. The van der Waals surface area contributed by atoms with Gasteiger partial charge in [0.1, 0.15) is 23.3 Å². The summed E-state index contributed by atoms with van der Waals surface area (Å²) >= 11 is 22.8. The molecular weight excluding hydrogens is 533 g/mol. The molecule has 6 nitrogen and oxygen atoms in total. The third-order valence-electron chi connectivity index (χ3n) is 3.99. The Bertz CT molecular complexity index is 1160. The number of hydrogen-bond acceptors (Lipinski definition) is 6. The van der Waals surface area contributed by atoms with Gasteiger partial charge in [-0.1, -0.05) is 64.3 Å². The SMILES string of the molecule is Clc1cc(Nc2nnc(COc3ccccc3Cc3nc(Cl)c(Cl)[nH]3)s2)ccc1Br. The van der Waals surface area contributed by atoms with E-state index in [1.165, 1.54) is 11.3 Å². The number of benzene rings is 2. The molecule has 0 spiro atoms. The van der Waals surface area contributed by atoms with E-state index < -0.39 is 0 Å². The zero-order chi connectivity index (χ0) is 21.1. The quantitative estimate of drug-likeness (QED) is 0.264. The predicted molar refractivity (Wildman–Crippen MR) is 125 cm³/mol. The molecule has 2 aromatic heterocycles. The van der Waals surface area contributed by atoms with E-state index in [0.717, 1.165) is 26.5 Å². The second-order valence-corrected chi connectivity index (χ2v) is 9.18. The minimum Gasteiger partial charge on any atom is -0.486 e. The van der Waals surface area contributed by atoms with Gasteiger partial charge in [-0.05, 0) is 40.2 Å². The molecule has 0 atom stereocenters. The molecule has 154 valence electrons. The Kier molecular flexibility index (Phi) is 6.80. The van der Waals surface area contributed by atoms with Gasteiger partial charge in [0.2, 0.25) is 5.13 Å². The Labute approximate surface area is 199 Å². The summed E-state index contributed by atoms with van der Waals surface area (Å²) in [5.74, 6) is 1.39. The molecule has 0 fully saturated rings. The molecule has 0 aliphatic rings. The molecule has 0 amide bonds. The van der Waals surface area contributed by atoms with Crippen molar-refractivity contribution in [2.75, 3.05) is 5.32 Å². The second kappa shape index (κ2) is 9.53. The predicted octanol–water partition coefficient (Wildman–Crippen LogP) is 6.90. The summed E-state index contributed by atoms with van der Waals surface area (Å²) in [5, 5.41) is 14.1. The fraction of sp³-hybridized carbons (Fsp3) is 0.105. The molecule has 0 aliphatic carbocycles. The summed E-state index contributed by atoms with van der Waals surface area (Å²) in [4.78, 5) is 7.15. The van der Waals surface area contributed by atoms with E-state index in [1.54, 1.807) is 0 Å². The number of hydrogen-bond donors (Lipinski definition) is 2. The third-order valence-corrected chi connectivity index (χ3v) is 6.68. The second-order valence-electron chi connectivity index (χ2n) is 6.12. The van der Waals surface area contributed by atoms with Crippen molar-refractivity contribution in [1.82, 2.24) is 20.2 Å². The maximum Gasteiger partial charge on any atom is 0.210 e. The van der Waals surface area contributed by atoms with Crippen LogP contribution in [0.15, 0.2) is 46.9 Å². The van der Waals surface area contributed by atoms with Gasteiger partial charge in [-0.2, -0.15) is 0 Å². The lowest BCUT2D eigenvalue weighted by Crippen LogP contribution is -2.00. The number of aromatic amines is 1. The highest BCUT2D eigenvalue weighted by atomic mass is 79.9. The first-order valence-corrected chi connectivity index (χ1v) is 11.4. The van der Waals surface area contributed by atoms with Crippen molar-refractivity contribution < 1.29 is 4.74 Å². The first kappa shape index (κ1) is 21.4. The minimum absolute atomic E-state index is 0.256. The fourth-order valence-electron chi connectivity index (χ4n) is 2.63. The third kappa shape index (κ3) is 5.25. The van der Waals surface area contributed by atoms with Crippen molar-refractivity contribution in [3.63, 3.8) is 0 Å². The Morgan fingerprint density at radius 3 is 2.70 bits per heavy atom. The highest BCUT2D eigenvalue weighted by Crippen LogP contribution is 2.29. The monoisotopic (exact) mass is 543 g/mol. The van der Waals surface area contributed by atoms with Crippen LogP contribution >= 0.6 is 62.1 Å².